The predicted molar refractivity (Wildman–Crippen MR) is 56.6 cm³/mol. The third kappa shape index (κ3) is 1.44. The first-order valence-electron chi connectivity index (χ1n) is 4.37. The van der Waals surface area contributed by atoms with Crippen molar-refractivity contribution in [1.29, 1.82) is 0 Å². The highest BCUT2D eigenvalue weighted by atomic mass is 32.1. The molecule has 0 saturated carbocycles. The van der Waals surface area contributed by atoms with Crippen molar-refractivity contribution in [2.24, 2.45) is 5.73 Å². The predicted octanol–water partition coefficient (Wildman–Crippen LogP) is 1.40. The number of aromatic nitrogens is 3. The molecular formula is C9H12N4S. The van der Waals surface area contributed by atoms with Crippen LogP contribution in [0.15, 0.2) is 11.7 Å². The average molecular weight is 208 g/mol. The summed E-state index contributed by atoms with van der Waals surface area (Å²) >= 11 is 1.59. The van der Waals surface area contributed by atoms with Crippen LogP contribution in [0.1, 0.15) is 17.1 Å². The van der Waals surface area contributed by atoms with Gasteiger partial charge in [-0.3, -0.25) is 4.57 Å². The maximum atomic E-state index is 5.50. The molecule has 74 valence electrons. The number of hydrogen-bond donors (Lipinski definition) is 1. The molecule has 0 aliphatic heterocycles. The fraction of sp³-hybridized carbons (Fsp3) is 0.333. The summed E-state index contributed by atoms with van der Waals surface area (Å²) in [6.45, 7) is 4.51. The lowest BCUT2D eigenvalue weighted by Crippen LogP contribution is -1.99. The SMILES string of the molecule is Cc1ncn(-c2nc(CN)cs2)c1C. The molecule has 2 aromatic heterocycles. The van der Waals surface area contributed by atoms with Gasteiger partial charge in [-0.15, -0.1) is 11.3 Å². The quantitative estimate of drug-likeness (QED) is 0.811. The Balaban J connectivity index is 2.44. The summed E-state index contributed by atoms with van der Waals surface area (Å²) in [5.74, 6) is 0. The van der Waals surface area contributed by atoms with Crippen molar-refractivity contribution < 1.29 is 0 Å². The minimum Gasteiger partial charge on any atom is -0.325 e. The van der Waals surface area contributed by atoms with Gasteiger partial charge in [-0.05, 0) is 13.8 Å². The van der Waals surface area contributed by atoms with Gasteiger partial charge in [0.25, 0.3) is 0 Å². The molecule has 5 heteroatoms. The molecule has 0 amide bonds. The van der Waals surface area contributed by atoms with E-state index in [4.69, 9.17) is 5.73 Å². The lowest BCUT2D eigenvalue weighted by Gasteiger charge is -1.98. The molecule has 4 nitrogen and oxygen atoms in total. The van der Waals surface area contributed by atoms with Crippen LogP contribution in [0, 0.1) is 13.8 Å². The van der Waals surface area contributed by atoms with E-state index in [1.54, 1.807) is 17.7 Å². The van der Waals surface area contributed by atoms with E-state index >= 15 is 0 Å². The Labute approximate surface area is 86.4 Å². The Bertz CT molecular complexity index is 443. The zero-order valence-electron chi connectivity index (χ0n) is 8.19. The molecule has 2 N–H and O–H groups in total. The lowest BCUT2D eigenvalue weighted by atomic mass is 10.4. The van der Waals surface area contributed by atoms with E-state index in [2.05, 4.69) is 9.97 Å². The van der Waals surface area contributed by atoms with Gasteiger partial charge >= 0.3 is 0 Å². The zero-order valence-corrected chi connectivity index (χ0v) is 9.01. The summed E-state index contributed by atoms with van der Waals surface area (Å²) in [6.07, 6.45) is 1.80. The molecule has 0 spiro atoms. The Hall–Kier alpha value is -1.20. The summed E-state index contributed by atoms with van der Waals surface area (Å²) in [6, 6.07) is 0. The normalized spacial score (nSPS) is 10.8. The molecule has 0 atom stereocenters. The zero-order chi connectivity index (χ0) is 10.1. The lowest BCUT2D eigenvalue weighted by molar-refractivity contribution is 0.940. The minimum atomic E-state index is 0.489. The number of nitrogens with two attached hydrogens (primary N) is 1. The van der Waals surface area contributed by atoms with Crippen molar-refractivity contribution in [3.8, 4) is 5.13 Å². The van der Waals surface area contributed by atoms with E-state index in [0.717, 1.165) is 22.2 Å². The molecule has 0 aliphatic carbocycles. The van der Waals surface area contributed by atoms with E-state index in [9.17, 15) is 0 Å². The molecule has 2 heterocycles. The van der Waals surface area contributed by atoms with Gasteiger partial charge < -0.3 is 5.73 Å². The van der Waals surface area contributed by atoms with Gasteiger partial charge in [0, 0.05) is 17.6 Å². The second-order valence-electron chi connectivity index (χ2n) is 3.11. The molecule has 0 bridgehead atoms. The fourth-order valence-electron chi connectivity index (χ4n) is 1.19. The summed E-state index contributed by atoms with van der Waals surface area (Å²) in [4.78, 5) is 8.62. The first kappa shape index (κ1) is 9.36. The second-order valence-corrected chi connectivity index (χ2v) is 3.95. The summed E-state index contributed by atoms with van der Waals surface area (Å²) in [5, 5.41) is 2.91. The molecule has 2 rings (SSSR count). The fourth-order valence-corrected chi connectivity index (χ4v) is 2.05. The van der Waals surface area contributed by atoms with Gasteiger partial charge in [0.15, 0.2) is 5.13 Å². The van der Waals surface area contributed by atoms with Gasteiger partial charge in [-0.25, -0.2) is 9.97 Å². The Morgan fingerprint density at radius 3 is 2.79 bits per heavy atom. The molecule has 0 saturated heterocycles. The number of hydrogen-bond acceptors (Lipinski definition) is 4. The Morgan fingerprint density at radius 1 is 1.50 bits per heavy atom. The van der Waals surface area contributed by atoms with E-state index in [1.807, 2.05) is 23.8 Å². The number of rotatable bonds is 2. The monoisotopic (exact) mass is 208 g/mol. The van der Waals surface area contributed by atoms with Crippen molar-refractivity contribution in [2.75, 3.05) is 0 Å². The number of imidazole rings is 1. The van der Waals surface area contributed by atoms with Gasteiger partial charge in [0.05, 0.1) is 11.4 Å². The van der Waals surface area contributed by atoms with Gasteiger partial charge in [0.2, 0.25) is 0 Å². The van der Waals surface area contributed by atoms with Crippen LogP contribution in [0.3, 0.4) is 0 Å². The largest absolute Gasteiger partial charge is 0.325 e. The molecule has 0 aliphatic rings. The number of nitrogens with zero attached hydrogens (tertiary/aromatic N) is 3. The van der Waals surface area contributed by atoms with Crippen LogP contribution < -0.4 is 5.73 Å². The van der Waals surface area contributed by atoms with Gasteiger partial charge in [-0.1, -0.05) is 0 Å². The van der Waals surface area contributed by atoms with E-state index in [1.165, 1.54) is 0 Å². The van der Waals surface area contributed by atoms with Crippen LogP contribution in [0.2, 0.25) is 0 Å². The Kier molecular flexibility index (Phi) is 2.35. The first-order valence-corrected chi connectivity index (χ1v) is 5.25. The third-order valence-electron chi connectivity index (χ3n) is 2.21. The standard InChI is InChI=1S/C9H12N4S/c1-6-7(2)13(5-11-6)9-12-8(3-10)4-14-9/h4-5H,3,10H2,1-2H3. The molecule has 0 radical (unpaired) electrons. The summed E-state index contributed by atoms with van der Waals surface area (Å²) < 4.78 is 1.99. The van der Waals surface area contributed by atoms with Crippen LogP contribution in [-0.2, 0) is 6.54 Å². The maximum Gasteiger partial charge on any atom is 0.195 e. The Morgan fingerprint density at radius 2 is 2.29 bits per heavy atom. The van der Waals surface area contributed by atoms with Crippen molar-refractivity contribution in [3.05, 3.63) is 28.8 Å². The minimum absolute atomic E-state index is 0.489. The molecule has 0 aromatic carbocycles. The van der Waals surface area contributed by atoms with Crippen LogP contribution in [-0.4, -0.2) is 14.5 Å². The highest BCUT2D eigenvalue weighted by Crippen LogP contribution is 2.17. The molecule has 0 fully saturated rings. The van der Waals surface area contributed by atoms with E-state index < -0.39 is 0 Å². The van der Waals surface area contributed by atoms with Crippen LogP contribution in [0.4, 0.5) is 0 Å². The van der Waals surface area contributed by atoms with Crippen molar-refractivity contribution in [3.63, 3.8) is 0 Å². The van der Waals surface area contributed by atoms with Crippen molar-refractivity contribution >= 4 is 11.3 Å². The highest BCUT2D eigenvalue weighted by molar-refractivity contribution is 7.12. The summed E-state index contributed by atoms with van der Waals surface area (Å²) in [5.41, 5.74) is 8.59. The van der Waals surface area contributed by atoms with Crippen molar-refractivity contribution in [2.45, 2.75) is 20.4 Å². The maximum absolute atomic E-state index is 5.50. The van der Waals surface area contributed by atoms with Crippen LogP contribution in [0.5, 0.6) is 0 Å². The third-order valence-corrected chi connectivity index (χ3v) is 3.10. The first-order chi connectivity index (χ1) is 6.72. The second kappa shape index (κ2) is 3.51. The summed E-state index contributed by atoms with van der Waals surface area (Å²) in [7, 11) is 0. The average Bonchev–Trinajstić information content (AvgIpc) is 2.75. The molecular weight excluding hydrogens is 196 g/mol. The number of aryl methyl sites for hydroxylation is 1. The van der Waals surface area contributed by atoms with Crippen molar-refractivity contribution in [1.82, 2.24) is 14.5 Å². The highest BCUT2D eigenvalue weighted by Gasteiger charge is 2.07. The van der Waals surface area contributed by atoms with Gasteiger partial charge in [-0.2, -0.15) is 0 Å². The molecule has 0 unspecified atom stereocenters. The van der Waals surface area contributed by atoms with E-state index in [0.29, 0.717) is 6.54 Å². The van der Waals surface area contributed by atoms with Crippen LogP contribution in [0.25, 0.3) is 5.13 Å². The molecule has 2 aromatic rings. The van der Waals surface area contributed by atoms with E-state index in [-0.39, 0.29) is 0 Å². The molecule has 14 heavy (non-hydrogen) atoms. The smallest absolute Gasteiger partial charge is 0.195 e. The van der Waals surface area contributed by atoms with Gasteiger partial charge in [0.1, 0.15) is 6.33 Å². The van der Waals surface area contributed by atoms with Crippen LogP contribution >= 0.6 is 11.3 Å². The topological polar surface area (TPSA) is 56.7 Å². The number of thiazole rings is 1.